The number of carbonyl (C=O) groups excluding carboxylic acids is 1. The Kier molecular flexibility index (Phi) is 6.38. The summed E-state index contributed by atoms with van der Waals surface area (Å²) in [7, 11) is 0. The summed E-state index contributed by atoms with van der Waals surface area (Å²) in [5, 5.41) is 0. The van der Waals surface area contributed by atoms with E-state index in [0.29, 0.717) is 17.7 Å². The van der Waals surface area contributed by atoms with Gasteiger partial charge in [0.25, 0.3) is 0 Å². The average Bonchev–Trinajstić information content (AvgIpc) is 2.54. The van der Waals surface area contributed by atoms with Gasteiger partial charge in [-0.1, -0.05) is 29.8 Å². The van der Waals surface area contributed by atoms with Gasteiger partial charge in [-0.3, -0.25) is 4.79 Å². The largest absolute Gasteiger partial charge is 0.488 e. The molecule has 0 N–H and O–H groups in total. The maximum atomic E-state index is 12.5. The Morgan fingerprint density at radius 1 is 0.960 bits per heavy atom. The summed E-state index contributed by atoms with van der Waals surface area (Å²) in [4.78, 5) is 12.5. The Morgan fingerprint density at radius 3 is 2.00 bits per heavy atom. The topological polar surface area (TPSA) is 35.5 Å². The molecular formula is C22H28O3. The van der Waals surface area contributed by atoms with Gasteiger partial charge in [0.2, 0.25) is 0 Å². The van der Waals surface area contributed by atoms with Crippen LogP contribution in [0.15, 0.2) is 48.5 Å². The first kappa shape index (κ1) is 19.2. The molecule has 2 aromatic carbocycles. The summed E-state index contributed by atoms with van der Waals surface area (Å²) in [5.41, 5.74) is 2.18. The standard InChI is InChI=1S/C22H28O3/c1-16(2)24-15-14-22(4,5)25-20-12-10-19(11-13-20)21(23)18-8-6-17(3)7-9-18/h6-13,16H,14-15H2,1-5H3. The lowest BCUT2D eigenvalue weighted by Crippen LogP contribution is -2.30. The molecule has 0 unspecified atom stereocenters. The summed E-state index contributed by atoms with van der Waals surface area (Å²) in [6, 6.07) is 15.0. The van der Waals surface area contributed by atoms with Crippen molar-refractivity contribution in [2.24, 2.45) is 0 Å². The van der Waals surface area contributed by atoms with Crippen LogP contribution in [-0.2, 0) is 4.74 Å². The molecule has 2 rings (SSSR count). The Bertz CT molecular complexity index is 682. The normalized spacial score (nSPS) is 11.6. The van der Waals surface area contributed by atoms with Gasteiger partial charge >= 0.3 is 0 Å². The molecule has 3 heteroatoms. The van der Waals surface area contributed by atoms with E-state index in [1.165, 1.54) is 0 Å². The fraction of sp³-hybridized carbons (Fsp3) is 0.409. The van der Waals surface area contributed by atoms with E-state index in [2.05, 4.69) is 0 Å². The van der Waals surface area contributed by atoms with E-state index < -0.39 is 0 Å². The van der Waals surface area contributed by atoms with Crippen molar-refractivity contribution < 1.29 is 14.3 Å². The zero-order chi connectivity index (χ0) is 18.4. The second-order valence-corrected chi connectivity index (χ2v) is 7.25. The van der Waals surface area contributed by atoms with Crippen molar-refractivity contribution in [2.45, 2.75) is 52.7 Å². The van der Waals surface area contributed by atoms with Crippen LogP contribution in [-0.4, -0.2) is 24.1 Å². The second kappa shape index (κ2) is 8.30. The van der Waals surface area contributed by atoms with E-state index in [0.717, 1.165) is 17.7 Å². The summed E-state index contributed by atoms with van der Waals surface area (Å²) >= 11 is 0. The highest BCUT2D eigenvalue weighted by Gasteiger charge is 2.20. The van der Waals surface area contributed by atoms with E-state index in [1.807, 2.05) is 83.1 Å². The first-order valence-corrected chi connectivity index (χ1v) is 8.79. The molecule has 0 radical (unpaired) electrons. The Morgan fingerprint density at radius 2 is 1.48 bits per heavy atom. The van der Waals surface area contributed by atoms with Crippen molar-refractivity contribution in [1.29, 1.82) is 0 Å². The number of hydrogen-bond acceptors (Lipinski definition) is 3. The molecular weight excluding hydrogens is 312 g/mol. The summed E-state index contributed by atoms with van der Waals surface area (Å²) in [6.45, 7) is 10.8. The van der Waals surface area contributed by atoms with E-state index in [-0.39, 0.29) is 17.5 Å². The third kappa shape index (κ3) is 6.02. The lowest BCUT2D eigenvalue weighted by atomic mass is 10.0. The second-order valence-electron chi connectivity index (χ2n) is 7.25. The van der Waals surface area contributed by atoms with Crippen molar-refractivity contribution in [1.82, 2.24) is 0 Å². The maximum absolute atomic E-state index is 12.5. The van der Waals surface area contributed by atoms with Gasteiger partial charge in [0.1, 0.15) is 11.4 Å². The number of ketones is 1. The van der Waals surface area contributed by atoms with Gasteiger partial charge in [-0.25, -0.2) is 0 Å². The third-order valence-electron chi connectivity index (χ3n) is 3.98. The SMILES string of the molecule is Cc1ccc(C(=O)c2ccc(OC(C)(C)CCOC(C)C)cc2)cc1. The van der Waals surface area contributed by atoms with Gasteiger partial charge in [-0.05, 0) is 58.9 Å². The lowest BCUT2D eigenvalue weighted by molar-refractivity contribution is 0.0231. The summed E-state index contributed by atoms with van der Waals surface area (Å²) in [5.74, 6) is 0.783. The van der Waals surface area contributed by atoms with Crippen LogP contribution < -0.4 is 4.74 Å². The quantitative estimate of drug-likeness (QED) is 0.620. The molecule has 0 spiro atoms. The van der Waals surface area contributed by atoms with Crippen molar-refractivity contribution in [3.63, 3.8) is 0 Å². The Labute approximate surface area is 151 Å². The number of hydrogen-bond donors (Lipinski definition) is 0. The fourth-order valence-corrected chi connectivity index (χ4v) is 2.46. The maximum Gasteiger partial charge on any atom is 0.193 e. The van der Waals surface area contributed by atoms with Gasteiger partial charge in [0, 0.05) is 17.5 Å². The molecule has 25 heavy (non-hydrogen) atoms. The van der Waals surface area contributed by atoms with Gasteiger partial charge < -0.3 is 9.47 Å². The average molecular weight is 340 g/mol. The number of rotatable bonds is 8. The molecule has 0 bridgehead atoms. The summed E-state index contributed by atoms with van der Waals surface area (Å²) < 4.78 is 11.6. The van der Waals surface area contributed by atoms with Crippen molar-refractivity contribution in [2.75, 3.05) is 6.61 Å². The monoisotopic (exact) mass is 340 g/mol. The van der Waals surface area contributed by atoms with Crippen LogP contribution in [0.3, 0.4) is 0 Å². The number of aryl methyl sites for hydroxylation is 1. The minimum atomic E-state index is -0.322. The van der Waals surface area contributed by atoms with Gasteiger partial charge in [0.15, 0.2) is 5.78 Å². The highest BCUT2D eigenvalue weighted by molar-refractivity contribution is 6.09. The number of carbonyl (C=O) groups is 1. The van der Waals surface area contributed by atoms with Crippen LogP contribution in [0, 0.1) is 6.92 Å². The highest BCUT2D eigenvalue weighted by Crippen LogP contribution is 2.22. The number of ether oxygens (including phenoxy) is 2. The van der Waals surface area contributed by atoms with Crippen molar-refractivity contribution >= 4 is 5.78 Å². The van der Waals surface area contributed by atoms with Crippen molar-refractivity contribution in [3.8, 4) is 5.75 Å². The van der Waals surface area contributed by atoms with Crippen LogP contribution in [0.2, 0.25) is 0 Å². The van der Waals surface area contributed by atoms with Crippen molar-refractivity contribution in [3.05, 3.63) is 65.2 Å². The molecule has 0 heterocycles. The first-order chi connectivity index (χ1) is 11.8. The molecule has 134 valence electrons. The third-order valence-corrected chi connectivity index (χ3v) is 3.98. The predicted molar refractivity (Wildman–Crippen MR) is 101 cm³/mol. The Hall–Kier alpha value is -2.13. The minimum absolute atomic E-state index is 0.0242. The predicted octanol–water partition coefficient (Wildman–Crippen LogP) is 5.20. The van der Waals surface area contributed by atoms with E-state index in [4.69, 9.17) is 9.47 Å². The zero-order valence-electron chi connectivity index (χ0n) is 15.8. The molecule has 0 amide bonds. The van der Waals surface area contributed by atoms with Gasteiger partial charge in [-0.2, -0.15) is 0 Å². The molecule has 0 aromatic heterocycles. The van der Waals surface area contributed by atoms with Crippen LogP contribution in [0.25, 0.3) is 0 Å². The molecule has 2 aromatic rings. The van der Waals surface area contributed by atoms with Crippen LogP contribution in [0.1, 0.15) is 55.6 Å². The van der Waals surface area contributed by atoms with E-state index >= 15 is 0 Å². The minimum Gasteiger partial charge on any atom is -0.488 e. The molecule has 0 saturated heterocycles. The molecule has 0 aliphatic heterocycles. The zero-order valence-corrected chi connectivity index (χ0v) is 15.8. The summed E-state index contributed by atoms with van der Waals surface area (Å²) in [6.07, 6.45) is 1.03. The van der Waals surface area contributed by atoms with Crippen LogP contribution in [0.4, 0.5) is 0 Å². The highest BCUT2D eigenvalue weighted by atomic mass is 16.5. The molecule has 0 fully saturated rings. The van der Waals surface area contributed by atoms with Crippen LogP contribution >= 0.6 is 0 Å². The smallest absolute Gasteiger partial charge is 0.193 e. The lowest BCUT2D eigenvalue weighted by Gasteiger charge is -2.27. The molecule has 3 nitrogen and oxygen atoms in total. The fourth-order valence-electron chi connectivity index (χ4n) is 2.46. The van der Waals surface area contributed by atoms with E-state index in [9.17, 15) is 4.79 Å². The Balaban J connectivity index is 1.99. The first-order valence-electron chi connectivity index (χ1n) is 8.79. The number of benzene rings is 2. The molecule has 0 atom stereocenters. The molecule has 0 saturated carbocycles. The molecule has 0 aliphatic carbocycles. The van der Waals surface area contributed by atoms with E-state index in [1.54, 1.807) is 0 Å². The van der Waals surface area contributed by atoms with Gasteiger partial charge in [-0.15, -0.1) is 0 Å². The van der Waals surface area contributed by atoms with Crippen LogP contribution in [0.5, 0.6) is 5.75 Å². The molecule has 0 aliphatic rings. The van der Waals surface area contributed by atoms with Gasteiger partial charge in [0.05, 0.1) is 12.7 Å².